The van der Waals surface area contributed by atoms with Gasteiger partial charge in [-0.2, -0.15) is 0 Å². The first-order valence-electron chi connectivity index (χ1n) is 6.67. The summed E-state index contributed by atoms with van der Waals surface area (Å²) >= 11 is 3.43. The van der Waals surface area contributed by atoms with E-state index in [2.05, 4.69) is 40.1 Å². The van der Waals surface area contributed by atoms with Crippen LogP contribution in [-0.2, 0) is 11.8 Å². The lowest BCUT2D eigenvalue weighted by atomic mass is 9.68. The van der Waals surface area contributed by atoms with Crippen LogP contribution in [0.15, 0.2) is 4.60 Å². The molecule has 2 N–H and O–H groups in total. The van der Waals surface area contributed by atoms with Gasteiger partial charge in [0.2, 0.25) is 0 Å². The van der Waals surface area contributed by atoms with E-state index in [0.717, 1.165) is 31.4 Å². The number of hydrogen-bond acceptors (Lipinski definition) is 4. The van der Waals surface area contributed by atoms with Crippen LogP contribution >= 0.6 is 15.9 Å². The van der Waals surface area contributed by atoms with Crippen LogP contribution in [0.2, 0.25) is 0 Å². The molecule has 0 radical (unpaired) electrons. The van der Waals surface area contributed by atoms with Crippen LogP contribution < -0.4 is 5.73 Å². The molecule has 5 nitrogen and oxygen atoms in total. The van der Waals surface area contributed by atoms with Gasteiger partial charge in [-0.05, 0) is 47.0 Å². The maximum atomic E-state index is 6.49. The van der Waals surface area contributed by atoms with Crippen LogP contribution in [0.5, 0.6) is 0 Å². The molecule has 0 aromatic carbocycles. The number of rotatable bonds is 3. The number of halogens is 1. The monoisotopic (exact) mass is 330 g/mol. The van der Waals surface area contributed by atoms with E-state index in [4.69, 9.17) is 10.5 Å². The standard InChI is InChI=1S/C13H23BrN4O/c1-12(2)5-7-13(19-4,8-6-12)10(15)9-11(14)16-17-18(9)3/h10H,5-8,15H2,1-4H3. The van der Waals surface area contributed by atoms with E-state index in [0.29, 0.717) is 10.0 Å². The third kappa shape index (κ3) is 2.71. The molecule has 1 atom stereocenters. The van der Waals surface area contributed by atoms with E-state index in [1.807, 2.05) is 7.05 Å². The molecule has 1 fully saturated rings. The quantitative estimate of drug-likeness (QED) is 0.924. The van der Waals surface area contributed by atoms with Crippen molar-refractivity contribution in [3.8, 4) is 0 Å². The molecule has 0 spiro atoms. The lowest BCUT2D eigenvalue weighted by Crippen LogP contribution is -2.48. The second-order valence-electron chi connectivity index (χ2n) is 6.30. The molecule has 108 valence electrons. The molecule has 2 rings (SSSR count). The van der Waals surface area contributed by atoms with Gasteiger partial charge in [0.15, 0.2) is 4.60 Å². The van der Waals surface area contributed by atoms with Crippen LogP contribution in [0, 0.1) is 5.41 Å². The zero-order valence-electron chi connectivity index (χ0n) is 12.1. The van der Waals surface area contributed by atoms with Gasteiger partial charge in [0, 0.05) is 14.2 Å². The molecule has 0 saturated heterocycles. The van der Waals surface area contributed by atoms with Crippen LogP contribution in [-0.4, -0.2) is 27.7 Å². The Balaban J connectivity index is 2.28. The Morgan fingerprint density at radius 1 is 1.32 bits per heavy atom. The summed E-state index contributed by atoms with van der Waals surface area (Å²) in [4.78, 5) is 0. The number of aromatic nitrogens is 3. The van der Waals surface area contributed by atoms with Crippen molar-refractivity contribution in [2.45, 2.75) is 51.2 Å². The summed E-state index contributed by atoms with van der Waals surface area (Å²) in [7, 11) is 3.62. The van der Waals surface area contributed by atoms with Crippen LogP contribution in [0.1, 0.15) is 51.3 Å². The Bertz CT molecular complexity index is 428. The lowest BCUT2D eigenvalue weighted by Gasteiger charge is -2.45. The first kappa shape index (κ1) is 14.9. The molecule has 1 aliphatic rings. The number of nitrogens with two attached hydrogens (primary N) is 1. The number of aryl methyl sites for hydroxylation is 1. The van der Waals surface area contributed by atoms with Gasteiger partial charge in [-0.25, -0.2) is 4.68 Å². The molecule has 0 bridgehead atoms. The highest BCUT2D eigenvalue weighted by Crippen LogP contribution is 2.47. The second-order valence-corrected chi connectivity index (χ2v) is 7.05. The number of ether oxygens (including phenoxy) is 1. The summed E-state index contributed by atoms with van der Waals surface area (Å²) in [6.45, 7) is 4.61. The highest BCUT2D eigenvalue weighted by molar-refractivity contribution is 9.10. The molecular formula is C13H23BrN4O. The summed E-state index contributed by atoms with van der Waals surface area (Å²) in [6.07, 6.45) is 4.18. The molecule has 1 aromatic heterocycles. The van der Waals surface area contributed by atoms with Crippen LogP contribution in [0.25, 0.3) is 0 Å². The van der Waals surface area contributed by atoms with E-state index in [1.165, 1.54) is 0 Å². The molecule has 6 heteroatoms. The summed E-state index contributed by atoms with van der Waals surface area (Å²) in [5, 5.41) is 8.03. The maximum absolute atomic E-state index is 6.49. The smallest absolute Gasteiger partial charge is 0.153 e. The molecule has 0 aliphatic heterocycles. The van der Waals surface area contributed by atoms with Gasteiger partial charge in [0.1, 0.15) is 0 Å². The van der Waals surface area contributed by atoms with E-state index in [9.17, 15) is 0 Å². The van der Waals surface area contributed by atoms with Crippen molar-refractivity contribution in [2.75, 3.05) is 7.11 Å². The Kier molecular flexibility index (Phi) is 4.05. The molecule has 1 unspecified atom stereocenters. The number of nitrogens with zero attached hydrogens (tertiary/aromatic N) is 3. The summed E-state index contributed by atoms with van der Waals surface area (Å²) in [6, 6.07) is -0.219. The predicted octanol–water partition coefficient (Wildman–Crippen LogP) is 2.56. The van der Waals surface area contributed by atoms with Gasteiger partial charge in [0.05, 0.1) is 17.3 Å². The molecule has 1 aliphatic carbocycles. The van der Waals surface area contributed by atoms with Gasteiger partial charge >= 0.3 is 0 Å². The lowest BCUT2D eigenvalue weighted by molar-refractivity contribution is -0.0809. The van der Waals surface area contributed by atoms with Crippen molar-refractivity contribution in [1.82, 2.24) is 15.0 Å². The first-order chi connectivity index (χ1) is 8.81. The largest absolute Gasteiger partial charge is 0.376 e. The Hall–Kier alpha value is -0.460. The maximum Gasteiger partial charge on any atom is 0.153 e. The van der Waals surface area contributed by atoms with Gasteiger partial charge in [0.25, 0.3) is 0 Å². The fourth-order valence-electron chi connectivity index (χ4n) is 2.91. The topological polar surface area (TPSA) is 66.0 Å². The first-order valence-corrected chi connectivity index (χ1v) is 7.46. The van der Waals surface area contributed by atoms with Crippen LogP contribution in [0.4, 0.5) is 0 Å². The van der Waals surface area contributed by atoms with Gasteiger partial charge in [-0.3, -0.25) is 0 Å². The van der Waals surface area contributed by atoms with E-state index in [1.54, 1.807) is 11.8 Å². The summed E-state index contributed by atoms with van der Waals surface area (Å²) in [5.41, 5.74) is 7.46. The normalized spacial score (nSPS) is 23.3. The van der Waals surface area contributed by atoms with Gasteiger partial charge in [-0.15, -0.1) is 5.10 Å². The molecule has 19 heavy (non-hydrogen) atoms. The minimum absolute atomic E-state index is 0.219. The number of hydrogen-bond donors (Lipinski definition) is 1. The van der Waals surface area contributed by atoms with Crippen LogP contribution in [0.3, 0.4) is 0 Å². The van der Waals surface area contributed by atoms with E-state index < -0.39 is 0 Å². The average Bonchev–Trinajstić information content (AvgIpc) is 2.69. The Morgan fingerprint density at radius 3 is 2.32 bits per heavy atom. The molecule has 1 aromatic rings. The predicted molar refractivity (Wildman–Crippen MR) is 77.6 cm³/mol. The Morgan fingerprint density at radius 2 is 1.89 bits per heavy atom. The fourth-order valence-corrected chi connectivity index (χ4v) is 3.48. The SMILES string of the molecule is COC1(C(N)c2c(Br)nnn2C)CCC(C)(C)CC1. The molecule has 1 saturated carbocycles. The van der Waals surface area contributed by atoms with E-state index >= 15 is 0 Å². The second kappa shape index (κ2) is 5.14. The zero-order valence-corrected chi connectivity index (χ0v) is 13.7. The van der Waals surface area contributed by atoms with Gasteiger partial charge in [-0.1, -0.05) is 19.1 Å². The fraction of sp³-hybridized carbons (Fsp3) is 0.846. The van der Waals surface area contributed by atoms with Gasteiger partial charge < -0.3 is 10.5 Å². The number of methoxy groups -OCH3 is 1. The van der Waals surface area contributed by atoms with Crippen molar-refractivity contribution in [3.63, 3.8) is 0 Å². The summed E-state index contributed by atoms with van der Waals surface area (Å²) in [5.74, 6) is 0. The third-order valence-electron chi connectivity index (χ3n) is 4.54. The minimum atomic E-state index is -0.312. The average molecular weight is 331 g/mol. The van der Waals surface area contributed by atoms with Crippen molar-refractivity contribution in [2.24, 2.45) is 18.2 Å². The Labute approximate surface area is 123 Å². The molecular weight excluding hydrogens is 308 g/mol. The highest BCUT2D eigenvalue weighted by Gasteiger charge is 2.45. The van der Waals surface area contributed by atoms with Crippen molar-refractivity contribution >= 4 is 15.9 Å². The molecule has 1 heterocycles. The minimum Gasteiger partial charge on any atom is -0.376 e. The molecule has 0 amide bonds. The van der Waals surface area contributed by atoms with Crippen molar-refractivity contribution in [3.05, 3.63) is 10.3 Å². The summed E-state index contributed by atoms with van der Waals surface area (Å²) < 4.78 is 8.30. The van der Waals surface area contributed by atoms with Crippen molar-refractivity contribution < 1.29 is 4.74 Å². The zero-order chi connectivity index (χ0) is 14.3. The van der Waals surface area contributed by atoms with E-state index in [-0.39, 0.29) is 11.6 Å². The highest BCUT2D eigenvalue weighted by atomic mass is 79.9. The third-order valence-corrected chi connectivity index (χ3v) is 5.11. The van der Waals surface area contributed by atoms with Crippen molar-refractivity contribution in [1.29, 1.82) is 0 Å².